The van der Waals surface area contributed by atoms with E-state index in [1.807, 2.05) is 50.2 Å². The zero-order valence-electron chi connectivity index (χ0n) is 18.4. The molecule has 31 heavy (non-hydrogen) atoms. The third kappa shape index (κ3) is 4.95. The van der Waals surface area contributed by atoms with Crippen LogP contribution in [0.2, 0.25) is 0 Å². The average Bonchev–Trinajstić information content (AvgIpc) is 3.29. The molecule has 0 aliphatic heterocycles. The summed E-state index contributed by atoms with van der Waals surface area (Å²) in [7, 11) is 0. The van der Waals surface area contributed by atoms with Crippen molar-refractivity contribution >= 4 is 28.7 Å². The van der Waals surface area contributed by atoms with Gasteiger partial charge >= 0.3 is 5.97 Å². The number of benzene rings is 1. The van der Waals surface area contributed by atoms with Gasteiger partial charge in [0.25, 0.3) is 0 Å². The van der Waals surface area contributed by atoms with Crippen molar-refractivity contribution in [1.29, 1.82) is 5.26 Å². The van der Waals surface area contributed by atoms with Crippen molar-refractivity contribution in [3.8, 4) is 6.07 Å². The molecular weight excluding hydrogens is 390 g/mol. The lowest BCUT2D eigenvalue weighted by atomic mass is 10.1. The molecule has 160 valence electrons. The van der Waals surface area contributed by atoms with Crippen LogP contribution in [0.15, 0.2) is 42.1 Å². The zero-order chi connectivity index (χ0) is 22.5. The summed E-state index contributed by atoms with van der Waals surface area (Å²) < 4.78 is 7.34. The van der Waals surface area contributed by atoms with E-state index >= 15 is 0 Å². The second kappa shape index (κ2) is 9.48. The van der Waals surface area contributed by atoms with Crippen LogP contribution in [-0.4, -0.2) is 27.9 Å². The lowest BCUT2D eigenvalue weighted by Crippen LogP contribution is -2.15. The Bertz CT molecular complexity index is 1190. The summed E-state index contributed by atoms with van der Waals surface area (Å²) >= 11 is 0. The first kappa shape index (κ1) is 22.1. The number of aromatic amines is 1. The van der Waals surface area contributed by atoms with Crippen LogP contribution < -0.4 is 0 Å². The number of fused-ring (bicyclic) bond motifs is 1. The van der Waals surface area contributed by atoms with E-state index in [4.69, 9.17) is 4.74 Å². The Labute approximate surface area is 182 Å². The van der Waals surface area contributed by atoms with Crippen molar-refractivity contribution < 1.29 is 14.3 Å². The fourth-order valence-electron chi connectivity index (χ4n) is 3.59. The average molecular weight is 418 g/mol. The van der Waals surface area contributed by atoms with Gasteiger partial charge in [0.1, 0.15) is 11.6 Å². The fraction of sp³-hybridized carbons (Fsp3) is 0.320. The van der Waals surface area contributed by atoms with Crippen LogP contribution >= 0.6 is 0 Å². The Morgan fingerprint density at radius 3 is 2.71 bits per heavy atom. The van der Waals surface area contributed by atoms with Gasteiger partial charge in [0, 0.05) is 40.6 Å². The SMILES string of the molecule is Cc1cc(/C=C(\C#N)C(=O)OCC(=O)c2c[nH]c3ccccc23)c(C)n1CCC(C)C. The maximum Gasteiger partial charge on any atom is 0.349 e. The smallest absolute Gasteiger partial charge is 0.349 e. The van der Waals surface area contributed by atoms with E-state index in [0.717, 1.165) is 40.8 Å². The van der Waals surface area contributed by atoms with Gasteiger partial charge in [0.15, 0.2) is 6.61 Å². The largest absolute Gasteiger partial charge is 0.453 e. The Hall–Kier alpha value is -3.59. The molecule has 1 aromatic carbocycles. The van der Waals surface area contributed by atoms with E-state index in [-0.39, 0.29) is 11.4 Å². The molecule has 2 heterocycles. The van der Waals surface area contributed by atoms with Crippen molar-refractivity contribution in [1.82, 2.24) is 9.55 Å². The van der Waals surface area contributed by atoms with E-state index in [1.54, 1.807) is 6.20 Å². The summed E-state index contributed by atoms with van der Waals surface area (Å²) in [5.41, 5.74) is 4.04. The zero-order valence-corrected chi connectivity index (χ0v) is 18.4. The molecule has 0 saturated carbocycles. The first-order valence-electron chi connectivity index (χ1n) is 10.4. The molecule has 0 atom stereocenters. The summed E-state index contributed by atoms with van der Waals surface area (Å²) in [5, 5.41) is 10.2. The maximum absolute atomic E-state index is 12.5. The summed E-state index contributed by atoms with van der Waals surface area (Å²) in [5.74, 6) is -0.544. The Balaban J connectivity index is 1.72. The molecule has 0 radical (unpaired) electrons. The van der Waals surface area contributed by atoms with Gasteiger partial charge in [-0.3, -0.25) is 4.79 Å². The summed E-state index contributed by atoms with van der Waals surface area (Å²) in [4.78, 5) is 28.0. The van der Waals surface area contributed by atoms with Crippen LogP contribution in [0.1, 0.15) is 47.6 Å². The third-order valence-corrected chi connectivity index (χ3v) is 5.41. The van der Waals surface area contributed by atoms with E-state index < -0.39 is 12.6 Å². The predicted molar refractivity (Wildman–Crippen MR) is 121 cm³/mol. The normalized spacial score (nSPS) is 11.7. The van der Waals surface area contributed by atoms with E-state index in [0.29, 0.717) is 11.5 Å². The van der Waals surface area contributed by atoms with Crippen LogP contribution in [0.25, 0.3) is 17.0 Å². The van der Waals surface area contributed by atoms with Gasteiger partial charge in [-0.1, -0.05) is 32.0 Å². The summed E-state index contributed by atoms with van der Waals surface area (Å²) in [6, 6.07) is 11.3. The molecule has 0 bridgehead atoms. The number of hydrogen-bond donors (Lipinski definition) is 1. The number of hydrogen-bond acceptors (Lipinski definition) is 4. The highest BCUT2D eigenvalue weighted by Crippen LogP contribution is 2.21. The molecule has 0 amide bonds. The number of esters is 1. The van der Waals surface area contributed by atoms with Gasteiger partial charge in [-0.05, 0) is 50.0 Å². The summed E-state index contributed by atoms with van der Waals surface area (Å²) in [6.07, 6.45) is 4.18. The number of aromatic nitrogens is 2. The molecule has 0 spiro atoms. The minimum absolute atomic E-state index is 0.129. The number of nitrogens with one attached hydrogen (secondary N) is 1. The molecule has 6 nitrogen and oxygen atoms in total. The number of carbonyl (C=O) groups is 2. The first-order valence-corrected chi connectivity index (χ1v) is 10.4. The number of carbonyl (C=O) groups excluding carboxylic acids is 2. The molecule has 0 saturated heterocycles. The summed E-state index contributed by atoms with van der Waals surface area (Å²) in [6.45, 7) is 8.80. The lowest BCUT2D eigenvalue weighted by molar-refractivity contribution is -0.137. The Kier molecular flexibility index (Phi) is 6.76. The quantitative estimate of drug-likeness (QED) is 0.243. The standard InChI is InChI=1S/C25H27N3O3/c1-16(2)9-10-28-17(3)11-19(18(28)4)12-20(13-26)25(30)31-15-24(29)22-14-27-23-8-6-5-7-21(22)23/h5-8,11-12,14,16,27H,9-10,15H2,1-4H3/b20-12+. The number of nitrogens with zero attached hydrogens (tertiary/aromatic N) is 2. The number of ketones is 1. The number of para-hydroxylation sites is 1. The minimum atomic E-state index is -0.803. The fourth-order valence-corrected chi connectivity index (χ4v) is 3.59. The number of Topliss-reactive ketones (excluding diaryl/α,β-unsaturated/α-hetero) is 1. The maximum atomic E-state index is 12.5. The van der Waals surface area contributed by atoms with Crippen molar-refractivity contribution in [3.05, 3.63) is 64.6 Å². The molecule has 3 rings (SSSR count). The highest BCUT2D eigenvalue weighted by atomic mass is 16.5. The van der Waals surface area contributed by atoms with Crippen LogP contribution in [0, 0.1) is 31.1 Å². The minimum Gasteiger partial charge on any atom is -0.453 e. The third-order valence-electron chi connectivity index (χ3n) is 5.41. The highest BCUT2D eigenvalue weighted by Gasteiger charge is 2.18. The van der Waals surface area contributed by atoms with E-state index in [9.17, 15) is 14.9 Å². The van der Waals surface area contributed by atoms with Gasteiger partial charge in [-0.2, -0.15) is 5.26 Å². The molecule has 0 aliphatic rings. The second-order valence-electron chi connectivity index (χ2n) is 8.08. The van der Waals surface area contributed by atoms with Gasteiger partial charge in [-0.25, -0.2) is 4.79 Å². The van der Waals surface area contributed by atoms with Crippen molar-refractivity contribution in [2.75, 3.05) is 6.61 Å². The van der Waals surface area contributed by atoms with Crippen molar-refractivity contribution in [3.63, 3.8) is 0 Å². The molecular formula is C25H27N3O3. The highest BCUT2D eigenvalue weighted by molar-refractivity contribution is 6.09. The number of H-pyrrole nitrogens is 1. The molecule has 0 aliphatic carbocycles. The van der Waals surface area contributed by atoms with Crippen LogP contribution in [0.5, 0.6) is 0 Å². The number of ether oxygens (including phenoxy) is 1. The predicted octanol–water partition coefficient (Wildman–Crippen LogP) is 4.97. The number of rotatable bonds is 8. The molecule has 1 N–H and O–H groups in total. The van der Waals surface area contributed by atoms with Gasteiger partial charge in [0.05, 0.1) is 0 Å². The molecule has 6 heteroatoms. The van der Waals surface area contributed by atoms with E-state index in [1.165, 1.54) is 6.08 Å². The lowest BCUT2D eigenvalue weighted by Gasteiger charge is -2.11. The van der Waals surface area contributed by atoms with Gasteiger partial charge < -0.3 is 14.3 Å². The molecule has 0 unspecified atom stereocenters. The van der Waals surface area contributed by atoms with Gasteiger partial charge in [-0.15, -0.1) is 0 Å². The van der Waals surface area contributed by atoms with Crippen molar-refractivity contribution in [2.24, 2.45) is 5.92 Å². The molecule has 3 aromatic rings. The first-order chi connectivity index (χ1) is 14.8. The topological polar surface area (TPSA) is 87.9 Å². The molecule has 0 fully saturated rings. The number of nitriles is 1. The van der Waals surface area contributed by atoms with Crippen molar-refractivity contribution in [2.45, 2.75) is 40.7 Å². The van der Waals surface area contributed by atoms with Crippen LogP contribution in [0.4, 0.5) is 0 Å². The number of aryl methyl sites for hydroxylation is 1. The Morgan fingerprint density at radius 2 is 2.00 bits per heavy atom. The monoisotopic (exact) mass is 417 g/mol. The van der Waals surface area contributed by atoms with Gasteiger partial charge in [0.2, 0.25) is 5.78 Å². The van der Waals surface area contributed by atoms with Crippen LogP contribution in [-0.2, 0) is 16.1 Å². The van der Waals surface area contributed by atoms with E-state index in [2.05, 4.69) is 23.4 Å². The van der Waals surface area contributed by atoms with Crippen LogP contribution in [0.3, 0.4) is 0 Å². The molecule has 2 aromatic heterocycles. The second-order valence-corrected chi connectivity index (χ2v) is 8.08. The Morgan fingerprint density at radius 1 is 1.26 bits per heavy atom.